The van der Waals surface area contributed by atoms with Crippen molar-refractivity contribution in [2.24, 2.45) is 24.6 Å². The van der Waals surface area contributed by atoms with Crippen LogP contribution in [0.3, 0.4) is 0 Å². The second kappa shape index (κ2) is 20.2. The fourth-order valence-corrected chi connectivity index (χ4v) is 12.5. The van der Waals surface area contributed by atoms with Crippen LogP contribution in [-0.4, -0.2) is 117 Å². The van der Waals surface area contributed by atoms with Gasteiger partial charge in [0.2, 0.25) is 35.4 Å². The lowest BCUT2D eigenvalue weighted by Crippen LogP contribution is -2.62. The summed E-state index contributed by atoms with van der Waals surface area (Å²) in [5, 5.41) is 8.70. The first kappa shape index (κ1) is 50.5. The SMILES string of the molecule is Cn1c(=O)n(C2CCC(=O)NC2=O)c2ccc(CC3CCC(CC(=O)N4CC[C@H]5CC[C@@H](C(=O)NC6(CCC(N)=O)CCCC6)N5C(=O)[C@@H](NC(=O)c5cc6cc(C(=O)P(=O)(O)O)ccc6[nH]5)C4)CC3)cc21. The van der Waals surface area contributed by atoms with Crippen molar-refractivity contribution in [1.82, 2.24) is 39.9 Å². The van der Waals surface area contributed by atoms with Gasteiger partial charge in [0.25, 0.3) is 11.4 Å². The van der Waals surface area contributed by atoms with Gasteiger partial charge >= 0.3 is 13.3 Å². The largest absolute Gasteiger partial charge is 0.396 e. The Hall–Kier alpha value is -6.44. The summed E-state index contributed by atoms with van der Waals surface area (Å²) < 4.78 is 14.7. The number of aromatic nitrogens is 3. The topological polar surface area (TPSA) is 305 Å². The van der Waals surface area contributed by atoms with Gasteiger partial charge in [0.1, 0.15) is 23.8 Å². The van der Waals surface area contributed by atoms with Gasteiger partial charge in [-0.1, -0.05) is 18.9 Å². The van der Waals surface area contributed by atoms with Gasteiger partial charge in [0.05, 0.1) is 11.0 Å². The number of primary amides is 1. The fourth-order valence-electron chi connectivity index (χ4n) is 12.1. The molecule has 2 aromatic heterocycles. The summed E-state index contributed by atoms with van der Waals surface area (Å²) in [5.74, 6) is -2.60. The number of carbonyl (C=O) groups excluding carboxylic acids is 8. The predicted molar refractivity (Wildman–Crippen MR) is 261 cm³/mol. The van der Waals surface area contributed by atoms with Crippen molar-refractivity contribution < 1.29 is 52.7 Å². The number of nitrogens with one attached hydrogen (secondary N) is 4. The number of nitrogens with two attached hydrogens (primary N) is 1. The van der Waals surface area contributed by atoms with Crippen LogP contribution in [0.25, 0.3) is 21.9 Å². The molecule has 21 nitrogen and oxygen atoms in total. The highest BCUT2D eigenvalue weighted by Crippen LogP contribution is 2.40. The zero-order chi connectivity index (χ0) is 51.2. The summed E-state index contributed by atoms with van der Waals surface area (Å²) in [6, 6.07) is 7.84. The maximum atomic E-state index is 14.9. The smallest absolute Gasteiger partial charge is 0.370 e. The van der Waals surface area contributed by atoms with Crippen molar-refractivity contribution in [3.63, 3.8) is 0 Å². The summed E-state index contributed by atoms with van der Waals surface area (Å²) in [5.41, 5.74) is 5.69. The average molecular weight is 1010 g/mol. The Morgan fingerprint density at radius 2 is 1.61 bits per heavy atom. The van der Waals surface area contributed by atoms with E-state index in [0.717, 1.165) is 50.5 Å². The molecule has 9 rings (SSSR count). The summed E-state index contributed by atoms with van der Waals surface area (Å²) in [6.45, 7) is 0.126. The molecule has 22 heteroatoms. The molecule has 384 valence electrons. The molecule has 5 aliphatic rings. The molecule has 3 saturated heterocycles. The molecule has 2 saturated carbocycles. The van der Waals surface area contributed by atoms with Gasteiger partial charge in [-0.05, 0) is 131 Å². The number of H-pyrrole nitrogens is 1. The van der Waals surface area contributed by atoms with Crippen LogP contribution >= 0.6 is 7.60 Å². The molecule has 0 bridgehead atoms. The van der Waals surface area contributed by atoms with E-state index in [1.165, 1.54) is 33.4 Å². The van der Waals surface area contributed by atoms with Crippen LogP contribution in [0.15, 0.2) is 47.3 Å². The molecule has 7 amide bonds. The third-order valence-corrected chi connectivity index (χ3v) is 16.7. The van der Waals surface area contributed by atoms with Crippen molar-refractivity contribution in [1.29, 1.82) is 0 Å². The Bertz CT molecular complexity index is 2980. The van der Waals surface area contributed by atoms with Gasteiger partial charge < -0.3 is 40.9 Å². The van der Waals surface area contributed by atoms with Crippen LogP contribution in [0.2, 0.25) is 0 Å². The first-order chi connectivity index (χ1) is 34.3. The molecule has 72 heavy (non-hydrogen) atoms. The van der Waals surface area contributed by atoms with E-state index in [9.17, 15) is 57.5 Å². The van der Waals surface area contributed by atoms with Crippen LogP contribution in [-0.2, 0) is 46.8 Å². The molecule has 0 radical (unpaired) electrons. The number of hydrogen-bond acceptors (Lipinski definition) is 10. The standard InChI is InChI=1S/C50H62N9O12P/c1-56-40-23-30(8-12-37(40)59(49(56)68)38-14-15-42(61)54-45(38)64)22-28-4-6-29(7-5-28)24-43(62)57-21-17-33-10-13-39(46(65)55-50(18-2-3-19-50)20-16-41(51)60)58(33)47(66)36(27-57)53-44(63)35-26-32-25-31(9-11-34(32)52-35)48(67)72(69,70)71/h8-9,11-12,23,25-26,28-29,33,36,38-39,52H,2-7,10,13-22,24,27H2,1H3,(H2,51,60)(H,53,63)(H,55,65)(H,54,61,64)(H2,69,70,71)/t28?,29?,33-,36+,38?,39+/m1/s1. The number of carbonyl (C=O) groups is 8. The Labute approximate surface area is 414 Å². The van der Waals surface area contributed by atoms with Crippen LogP contribution < -0.4 is 27.4 Å². The lowest BCUT2D eigenvalue weighted by Gasteiger charge is -2.40. The highest BCUT2D eigenvalue weighted by atomic mass is 31.2. The van der Waals surface area contributed by atoms with Gasteiger partial charge in [-0.15, -0.1) is 0 Å². The number of hydrogen-bond donors (Lipinski definition) is 7. The quantitative estimate of drug-likeness (QED) is 0.0709. The molecule has 5 heterocycles. The van der Waals surface area contributed by atoms with E-state index >= 15 is 0 Å². The minimum atomic E-state index is -5.08. The Morgan fingerprint density at radius 3 is 2.32 bits per heavy atom. The van der Waals surface area contributed by atoms with Gasteiger partial charge in [0, 0.05) is 67.4 Å². The Morgan fingerprint density at radius 1 is 0.875 bits per heavy atom. The van der Waals surface area contributed by atoms with E-state index in [0.29, 0.717) is 66.4 Å². The third-order valence-electron chi connectivity index (χ3n) is 16.0. The zero-order valence-electron chi connectivity index (χ0n) is 40.2. The summed E-state index contributed by atoms with van der Waals surface area (Å²) >= 11 is 0. The number of fused-ring (bicyclic) bond motifs is 3. The number of benzene rings is 2. The van der Waals surface area contributed by atoms with E-state index in [1.807, 2.05) is 18.2 Å². The summed E-state index contributed by atoms with van der Waals surface area (Å²) in [4.78, 5) is 145. The van der Waals surface area contributed by atoms with Crippen LogP contribution in [0.5, 0.6) is 0 Å². The molecule has 4 aromatic rings. The molecule has 0 spiro atoms. The maximum Gasteiger partial charge on any atom is 0.396 e. The average Bonchev–Trinajstić information content (AvgIpc) is 4.14. The lowest BCUT2D eigenvalue weighted by atomic mass is 9.78. The Kier molecular flexibility index (Phi) is 14.2. The molecular formula is C50H62N9O12P. The zero-order valence-corrected chi connectivity index (χ0v) is 41.1. The fraction of sp³-hybridized carbons (Fsp3) is 0.540. The van der Waals surface area contributed by atoms with Crippen molar-refractivity contribution in [2.75, 3.05) is 13.1 Å². The molecular weight excluding hydrogens is 950 g/mol. The minimum Gasteiger partial charge on any atom is -0.370 e. The lowest BCUT2D eigenvalue weighted by molar-refractivity contribution is -0.146. The van der Waals surface area contributed by atoms with E-state index in [-0.39, 0.29) is 79.4 Å². The van der Waals surface area contributed by atoms with E-state index in [4.69, 9.17) is 5.73 Å². The van der Waals surface area contributed by atoms with Crippen LogP contribution in [0, 0.1) is 11.8 Å². The third kappa shape index (κ3) is 10.4. The first-order valence-electron chi connectivity index (χ1n) is 25.1. The van der Waals surface area contributed by atoms with Gasteiger partial charge in [-0.3, -0.25) is 57.4 Å². The van der Waals surface area contributed by atoms with E-state index in [2.05, 4.69) is 20.9 Å². The monoisotopic (exact) mass is 1010 g/mol. The first-order valence-corrected chi connectivity index (χ1v) is 26.7. The number of aryl methyl sites for hydroxylation is 1. The maximum absolute atomic E-state index is 14.9. The minimum absolute atomic E-state index is 0.00485. The molecule has 2 aromatic carbocycles. The second-order valence-corrected chi connectivity index (χ2v) is 22.2. The Balaban J connectivity index is 0.885. The number of amides is 7. The number of piperidine rings is 1. The van der Waals surface area contributed by atoms with Crippen molar-refractivity contribution >= 4 is 76.4 Å². The highest BCUT2D eigenvalue weighted by molar-refractivity contribution is 7.70. The molecule has 3 aliphatic heterocycles. The second-order valence-electron chi connectivity index (χ2n) is 20.7. The number of imidazole rings is 1. The summed E-state index contributed by atoms with van der Waals surface area (Å²) in [6.07, 6.45) is 9.63. The highest BCUT2D eigenvalue weighted by Gasteiger charge is 2.48. The number of aromatic amines is 1. The molecule has 1 unspecified atom stereocenters. The van der Waals surface area contributed by atoms with Gasteiger partial charge in [-0.25, -0.2) is 4.79 Å². The van der Waals surface area contributed by atoms with Gasteiger partial charge in [-0.2, -0.15) is 0 Å². The van der Waals surface area contributed by atoms with Crippen molar-refractivity contribution in [3.05, 3.63) is 69.8 Å². The molecule has 2 aliphatic carbocycles. The van der Waals surface area contributed by atoms with Crippen LogP contribution in [0.1, 0.15) is 135 Å². The van der Waals surface area contributed by atoms with Crippen molar-refractivity contribution in [3.8, 4) is 0 Å². The molecule has 8 N–H and O–H groups in total. The summed E-state index contributed by atoms with van der Waals surface area (Å²) in [7, 11) is -3.41. The molecule has 5 fully saturated rings. The van der Waals surface area contributed by atoms with Crippen LogP contribution in [0.4, 0.5) is 0 Å². The number of imide groups is 1. The number of nitrogens with zero attached hydrogens (tertiary/aromatic N) is 4. The van der Waals surface area contributed by atoms with E-state index in [1.54, 1.807) is 16.8 Å². The predicted octanol–water partition coefficient (Wildman–Crippen LogP) is 2.94. The number of rotatable bonds is 14. The van der Waals surface area contributed by atoms with Crippen molar-refractivity contribution in [2.45, 2.75) is 139 Å². The van der Waals surface area contributed by atoms with E-state index < -0.39 is 66.5 Å². The van der Waals surface area contributed by atoms with Gasteiger partial charge in [0.15, 0.2) is 0 Å². The molecule has 4 atom stereocenters. The normalized spacial score (nSPS) is 24.7.